The van der Waals surface area contributed by atoms with Crippen LogP contribution in [0.1, 0.15) is 19.3 Å². The van der Waals surface area contributed by atoms with E-state index >= 15 is 0 Å². The number of hydrogen-bond acceptors (Lipinski definition) is 2. The molecule has 0 aromatic rings. The lowest BCUT2D eigenvalue weighted by Gasteiger charge is -2.16. The molecule has 2 bridgehead atoms. The van der Waals surface area contributed by atoms with Gasteiger partial charge >= 0.3 is 0 Å². The highest BCUT2D eigenvalue weighted by molar-refractivity contribution is 5.91. The van der Waals surface area contributed by atoms with Gasteiger partial charge in [0.15, 0.2) is 0 Å². The van der Waals surface area contributed by atoms with Crippen molar-refractivity contribution in [3.63, 3.8) is 0 Å². The molecule has 3 atom stereocenters. The monoisotopic (exact) mass is 153 g/mol. The highest BCUT2D eigenvalue weighted by Gasteiger charge is 2.47. The first-order valence-electron chi connectivity index (χ1n) is 4.00. The Morgan fingerprint density at radius 1 is 1.45 bits per heavy atom. The zero-order chi connectivity index (χ0) is 8.01. The van der Waals surface area contributed by atoms with Crippen LogP contribution in [0, 0.1) is 17.8 Å². The van der Waals surface area contributed by atoms with E-state index in [1.807, 2.05) is 0 Å². The van der Waals surface area contributed by atoms with Gasteiger partial charge in [0, 0.05) is 18.3 Å². The van der Waals surface area contributed by atoms with Crippen LogP contribution in [-0.4, -0.2) is 11.7 Å². The number of primary amides is 1. The number of carbonyl (C=O) groups excluding carboxylic acids is 2. The molecule has 0 radical (unpaired) electrons. The normalized spacial score (nSPS) is 41.5. The summed E-state index contributed by atoms with van der Waals surface area (Å²) in [5.74, 6) is 0.277. The molecule has 2 fully saturated rings. The average Bonchev–Trinajstić information content (AvgIpc) is 2.43. The lowest BCUT2D eigenvalue weighted by Crippen LogP contribution is -2.31. The molecule has 11 heavy (non-hydrogen) atoms. The van der Waals surface area contributed by atoms with Crippen LogP contribution < -0.4 is 5.73 Å². The summed E-state index contributed by atoms with van der Waals surface area (Å²) in [6.07, 6.45) is 2.45. The molecule has 1 amide bonds. The van der Waals surface area contributed by atoms with E-state index in [-0.39, 0.29) is 23.5 Å². The second kappa shape index (κ2) is 2.06. The Bertz CT molecular complexity index is 224. The summed E-state index contributed by atoms with van der Waals surface area (Å²) in [4.78, 5) is 21.9. The van der Waals surface area contributed by atoms with Crippen LogP contribution >= 0.6 is 0 Å². The van der Waals surface area contributed by atoms with Crippen molar-refractivity contribution in [2.45, 2.75) is 19.3 Å². The summed E-state index contributed by atoms with van der Waals surface area (Å²) in [6, 6.07) is 0. The van der Waals surface area contributed by atoms with Crippen LogP contribution in [0.15, 0.2) is 0 Å². The maximum atomic E-state index is 11.1. The van der Waals surface area contributed by atoms with Crippen LogP contribution in [0.25, 0.3) is 0 Å². The molecule has 0 saturated heterocycles. The molecule has 2 N–H and O–H groups in total. The third-order valence-electron chi connectivity index (χ3n) is 2.93. The SMILES string of the molecule is NC(=O)[C@@H]1C[C@H]2CC(=O)[C@H]1C2. The Labute approximate surface area is 64.9 Å². The van der Waals surface area contributed by atoms with Crippen molar-refractivity contribution in [1.82, 2.24) is 0 Å². The number of rotatable bonds is 1. The molecule has 0 aromatic heterocycles. The second-order valence-electron chi connectivity index (χ2n) is 3.62. The van der Waals surface area contributed by atoms with Crippen molar-refractivity contribution in [2.75, 3.05) is 0 Å². The molecule has 0 aromatic carbocycles. The molecule has 0 spiro atoms. The molecule has 0 aliphatic heterocycles. The summed E-state index contributed by atoms with van der Waals surface area (Å²) in [5, 5.41) is 0. The van der Waals surface area contributed by atoms with Gasteiger partial charge < -0.3 is 5.73 Å². The minimum atomic E-state index is -0.287. The number of hydrogen-bond donors (Lipinski definition) is 1. The van der Waals surface area contributed by atoms with Gasteiger partial charge in [0.2, 0.25) is 5.91 Å². The maximum Gasteiger partial charge on any atom is 0.221 e. The molecular formula is C8H11NO2. The third kappa shape index (κ3) is 0.870. The van der Waals surface area contributed by atoms with Gasteiger partial charge in [0.1, 0.15) is 5.78 Å². The van der Waals surface area contributed by atoms with E-state index in [4.69, 9.17) is 5.73 Å². The van der Waals surface area contributed by atoms with Gasteiger partial charge in [-0.25, -0.2) is 0 Å². The van der Waals surface area contributed by atoms with Crippen molar-refractivity contribution < 1.29 is 9.59 Å². The van der Waals surface area contributed by atoms with Crippen molar-refractivity contribution >= 4 is 11.7 Å². The van der Waals surface area contributed by atoms with Gasteiger partial charge in [0.25, 0.3) is 0 Å². The first-order valence-corrected chi connectivity index (χ1v) is 4.00. The van der Waals surface area contributed by atoms with Crippen molar-refractivity contribution in [3.05, 3.63) is 0 Å². The van der Waals surface area contributed by atoms with Gasteiger partial charge in [-0.1, -0.05) is 0 Å². The summed E-state index contributed by atoms with van der Waals surface area (Å²) >= 11 is 0. The first kappa shape index (κ1) is 6.83. The highest BCUT2D eigenvalue weighted by Crippen LogP contribution is 2.45. The molecule has 0 heterocycles. The number of fused-ring (bicyclic) bond motifs is 2. The minimum Gasteiger partial charge on any atom is -0.369 e. The zero-order valence-corrected chi connectivity index (χ0v) is 6.25. The second-order valence-corrected chi connectivity index (χ2v) is 3.62. The third-order valence-corrected chi connectivity index (χ3v) is 2.93. The van der Waals surface area contributed by atoms with Crippen molar-refractivity contribution in [1.29, 1.82) is 0 Å². The molecule has 3 heteroatoms. The summed E-state index contributed by atoms with van der Waals surface area (Å²) in [7, 11) is 0. The van der Waals surface area contributed by atoms with Gasteiger partial charge in [-0.2, -0.15) is 0 Å². The molecule has 0 unspecified atom stereocenters. The standard InChI is InChI=1S/C8H11NO2/c9-8(11)6-2-4-1-5(6)7(10)3-4/h4-6H,1-3H2,(H2,9,11)/t4-,5-,6+/m0/s1. The predicted octanol–water partition coefficient (Wildman–Crippen LogP) is 0.0869. The smallest absolute Gasteiger partial charge is 0.221 e. The van der Waals surface area contributed by atoms with E-state index in [0.29, 0.717) is 12.3 Å². The lowest BCUT2D eigenvalue weighted by atomic mass is 9.87. The summed E-state index contributed by atoms with van der Waals surface area (Å²) < 4.78 is 0. The lowest BCUT2D eigenvalue weighted by molar-refractivity contribution is -0.131. The molecule has 2 aliphatic carbocycles. The first-order chi connectivity index (χ1) is 5.18. The Hall–Kier alpha value is -0.860. The number of Topliss-reactive ketones (excluding diaryl/α,β-unsaturated/α-hetero) is 1. The summed E-state index contributed by atoms with van der Waals surface area (Å²) in [5.41, 5.74) is 5.16. The van der Waals surface area contributed by atoms with E-state index in [1.165, 1.54) is 0 Å². The Kier molecular flexibility index (Phi) is 1.28. The molecule has 60 valence electrons. The van der Waals surface area contributed by atoms with Crippen molar-refractivity contribution in [3.8, 4) is 0 Å². The van der Waals surface area contributed by atoms with Gasteiger partial charge in [-0.05, 0) is 18.8 Å². The molecule has 3 nitrogen and oxygen atoms in total. The average molecular weight is 153 g/mol. The molecule has 2 saturated carbocycles. The fraction of sp³-hybridized carbons (Fsp3) is 0.750. The van der Waals surface area contributed by atoms with Crippen molar-refractivity contribution in [2.24, 2.45) is 23.5 Å². The Morgan fingerprint density at radius 3 is 2.55 bits per heavy atom. The van der Waals surface area contributed by atoms with Crippen LogP contribution in [0.3, 0.4) is 0 Å². The predicted molar refractivity (Wildman–Crippen MR) is 38.5 cm³/mol. The maximum absolute atomic E-state index is 11.1. The summed E-state index contributed by atoms with van der Waals surface area (Å²) in [6.45, 7) is 0. The van der Waals surface area contributed by atoms with E-state index in [2.05, 4.69) is 0 Å². The van der Waals surface area contributed by atoms with E-state index in [0.717, 1.165) is 12.8 Å². The fourth-order valence-corrected chi connectivity index (χ4v) is 2.42. The topological polar surface area (TPSA) is 60.2 Å². The molecule has 2 aliphatic rings. The highest BCUT2D eigenvalue weighted by atomic mass is 16.1. The zero-order valence-electron chi connectivity index (χ0n) is 6.25. The molecular weight excluding hydrogens is 142 g/mol. The number of carbonyl (C=O) groups is 2. The number of ketones is 1. The van der Waals surface area contributed by atoms with E-state index in [9.17, 15) is 9.59 Å². The number of nitrogens with two attached hydrogens (primary N) is 1. The largest absolute Gasteiger partial charge is 0.369 e. The van der Waals surface area contributed by atoms with Gasteiger partial charge in [-0.3, -0.25) is 9.59 Å². The van der Waals surface area contributed by atoms with Crippen LogP contribution in [-0.2, 0) is 9.59 Å². The van der Waals surface area contributed by atoms with E-state index in [1.54, 1.807) is 0 Å². The number of amides is 1. The van der Waals surface area contributed by atoms with Crippen LogP contribution in [0.5, 0.6) is 0 Å². The van der Waals surface area contributed by atoms with Gasteiger partial charge in [0.05, 0.1) is 0 Å². The van der Waals surface area contributed by atoms with Crippen LogP contribution in [0.4, 0.5) is 0 Å². The minimum absolute atomic E-state index is 0.0162. The Morgan fingerprint density at radius 2 is 2.18 bits per heavy atom. The Balaban J connectivity index is 2.18. The fourth-order valence-electron chi connectivity index (χ4n) is 2.42. The van der Waals surface area contributed by atoms with Gasteiger partial charge in [-0.15, -0.1) is 0 Å². The molecule has 2 rings (SSSR count). The van der Waals surface area contributed by atoms with Crippen LogP contribution in [0.2, 0.25) is 0 Å². The van der Waals surface area contributed by atoms with E-state index < -0.39 is 0 Å². The quantitative estimate of drug-likeness (QED) is 0.580.